The van der Waals surface area contributed by atoms with Gasteiger partial charge in [0.15, 0.2) is 11.7 Å². The van der Waals surface area contributed by atoms with Crippen LogP contribution >= 0.6 is 0 Å². The highest BCUT2D eigenvalue weighted by molar-refractivity contribution is 7.89. The number of carbonyl (C=O) groups is 2. The van der Waals surface area contributed by atoms with Crippen LogP contribution in [0.2, 0.25) is 0 Å². The zero-order valence-electron chi connectivity index (χ0n) is 14.6. The molecule has 1 rings (SSSR count). The molecular formula is C15H17F4NO5S. The average molecular weight is 399 g/mol. The van der Waals surface area contributed by atoms with Crippen LogP contribution in [0.25, 0.3) is 0 Å². The summed E-state index contributed by atoms with van der Waals surface area (Å²) in [5.74, 6) is -7.97. The average Bonchev–Trinajstić information content (AvgIpc) is 2.78. The van der Waals surface area contributed by atoms with E-state index in [4.69, 9.17) is 0 Å². The van der Waals surface area contributed by atoms with Gasteiger partial charge in [-0.15, -0.1) is 9.35 Å². The molecule has 146 valence electrons. The molecule has 0 radical (unpaired) electrons. The second-order valence-electron chi connectivity index (χ2n) is 4.58. The lowest BCUT2D eigenvalue weighted by Gasteiger charge is -2.12. The number of nitrogens with zero attached hydrogens (tertiary/aromatic N) is 1. The lowest BCUT2D eigenvalue weighted by molar-refractivity contribution is -0.162. The quantitative estimate of drug-likeness (QED) is 0.399. The molecule has 26 heavy (non-hydrogen) atoms. The van der Waals surface area contributed by atoms with E-state index in [2.05, 4.69) is 4.28 Å². The molecule has 2 amide bonds. The van der Waals surface area contributed by atoms with E-state index in [-0.39, 0.29) is 21.6 Å². The second kappa shape index (κ2) is 9.43. The molecular weight excluding hydrogens is 382 g/mol. The van der Waals surface area contributed by atoms with Crippen LogP contribution in [-0.4, -0.2) is 25.3 Å². The van der Waals surface area contributed by atoms with Gasteiger partial charge in [-0.2, -0.15) is 8.42 Å². The predicted octanol–water partition coefficient (Wildman–Crippen LogP) is 3.81. The third-order valence-corrected chi connectivity index (χ3v) is 3.84. The Kier molecular flexibility index (Phi) is 8.61. The predicted molar refractivity (Wildman–Crippen MR) is 84.9 cm³/mol. The summed E-state index contributed by atoms with van der Waals surface area (Å²) in [6.07, 6.45) is -0.782. The molecule has 0 spiro atoms. The Labute approximate surface area is 148 Å². The SMILES string of the molecule is CC.CC1=C(C)C(=O)N(OS(=O)(=O)\C=C(F)/C(C)=C(F)\C(F)=C\F)C1=O. The van der Waals surface area contributed by atoms with Gasteiger partial charge in [0.2, 0.25) is 0 Å². The highest BCUT2D eigenvalue weighted by Gasteiger charge is 2.37. The van der Waals surface area contributed by atoms with Crippen molar-refractivity contribution in [2.24, 2.45) is 0 Å². The Morgan fingerprint density at radius 1 is 1.00 bits per heavy atom. The fraction of sp³-hybridized carbons (Fsp3) is 0.333. The molecule has 0 fully saturated rings. The first-order valence-corrected chi connectivity index (χ1v) is 8.61. The van der Waals surface area contributed by atoms with Crippen molar-refractivity contribution < 1.29 is 39.9 Å². The fourth-order valence-electron chi connectivity index (χ4n) is 1.46. The van der Waals surface area contributed by atoms with Gasteiger partial charge in [-0.25, -0.2) is 17.6 Å². The first kappa shape index (κ1) is 23.7. The zero-order valence-corrected chi connectivity index (χ0v) is 15.4. The van der Waals surface area contributed by atoms with Crippen molar-refractivity contribution in [3.8, 4) is 0 Å². The molecule has 0 unspecified atom stereocenters. The number of rotatable bonds is 5. The molecule has 0 N–H and O–H groups in total. The highest BCUT2D eigenvalue weighted by Crippen LogP contribution is 2.26. The molecule has 11 heteroatoms. The summed E-state index contributed by atoms with van der Waals surface area (Å²) in [7, 11) is -5.00. The van der Waals surface area contributed by atoms with Crippen molar-refractivity contribution in [2.45, 2.75) is 34.6 Å². The minimum Gasteiger partial charge on any atom is -0.267 e. The summed E-state index contributed by atoms with van der Waals surface area (Å²) in [5, 5.41) is -0.391. The van der Waals surface area contributed by atoms with Crippen molar-refractivity contribution in [1.82, 2.24) is 5.06 Å². The van der Waals surface area contributed by atoms with Crippen molar-refractivity contribution in [2.75, 3.05) is 0 Å². The standard InChI is InChI=1S/C13H11F4NO5S.C2H6/c1-6-7(2)13(20)18(12(6)19)23-24(21,22)5-10(16)8(3)11(17)9(15)4-14;1-2/h4-5H,1-3H3;1-2H3/b9-4-,10-5+,11-8+;. The van der Waals surface area contributed by atoms with Gasteiger partial charge in [0.1, 0.15) is 12.2 Å². The molecule has 0 aliphatic carbocycles. The number of carbonyl (C=O) groups excluding carboxylic acids is 2. The van der Waals surface area contributed by atoms with Crippen LogP contribution in [-0.2, 0) is 24.0 Å². The topological polar surface area (TPSA) is 80.8 Å². The van der Waals surface area contributed by atoms with E-state index in [0.29, 0.717) is 6.92 Å². The smallest absolute Gasteiger partial charge is 0.267 e. The van der Waals surface area contributed by atoms with E-state index in [1.807, 2.05) is 13.8 Å². The van der Waals surface area contributed by atoms with E-state index in [0.717, 1.165) is 0 Å². The van der Waals surface area contributed by atoms with Gasteiger partial charge >= 0.3 is 10.1 Å². The van der Waals surface area contributed by atoms with Gasteiger partial charge in [-0.1, -0.05) is 13.8 Å². The molecule has 1 heterocycles. The molecule has 6 nitrogen and oxygen atoms in total. The second-order valence-corrected chi connectivity index (χ2v) is 5.95. The zero-order chi connectivity index (χ0) is 20.8. The van der Waals surface area contributed by atoms with Crippen molar-refractivity contribution in [3.63, 3.8) is 0 Å². The number of imide groups is 1. The van der Waals surface area contributed by atoms with E-state index < -0.39 is 51.3 Å². The number of hydroxylamine groups is 2. The van der Waals surface area contributed by atoms with Crippen LogP contribution < -0.4 is 0 Å². The number of hydrogen-bond acceptors (Lipinski definition) is 5. The molecule has 0 aromatic heterocycles. The van der Waals surface area contributed by atoms with E-state index >= 15 is 0 Å². The summed E-state index contributed by atoms with van der Waals surface area (Å²) in [6.45, 7) is 7.13. The molecule has 1 aliphatic rings. The van der Waals surface area contributed by atoms with E-state index in [9.17, 15) is 35.6 Å². The van der Waals surface area contributed by atoms with Crippen molar-refractivity contribution in [1.29, 1.82) is 0 Å². The Morgan fingerprint density at radius 3 is 1.81 bits per heavy atom. The molecule has 0 bridgehead atoms. The van der Waals surface area contributed by atoms with E-state index in [1.165, 1.54) is 13.8 Å². The maximum absolute atomic E-state index is 13.6. The third-order valence-electron chi connectivity index (χ3n) is 2.99. The van der Waals surface area contributed by atoms with E-state index in [1.54, 1.807) is 0 Å². The largest absolute Gasteiger partial charge is 0.314 e. The molecule has 0 saturated heterocycles. The Bertz CT molecular complexity index is 801. The van der Waals surface area contributed by atoms with Crippen molar-refractivity contribution >= 4 is 21.9 Å². The van der Waals surface area contributed by atoms with Crippen LogP contribution in [0.3, 0.4) is 0 Å². The Morgan fingerprint density at radius 2 is 1.42 bits per heavy atom. The molecule has 0 atom stereocenters. The minimum absolute atomic E-state index is 0.0723. The number of hydrogen-bond donors (Lipinski definition) is 0. The van der Waals surface area contributed by atoms with Gasteiger partial charge in [-0.05, 0) is 20.8 Å². The van der Waals surface area contributed by atoms with Crippen LogP contribution in [0, 0.1) is 0 Å². The van der Waals surface area contributed by atoms with Crippen molar-refractivity contribution in [3.05, 3.63) is 45.9 Å². The number of amides is 2. The van der Waals surface area contributed by atoms with Crippen LogP contribution in [0.1, 0.15) is 34.6 Å². The lowest BCUT2D eigenvalue weighted by Crippen LogP contribution is -2.33. The molecule has 0 saturated carbocycles. The van der Waals surface area contributed by atoms with Gasteiger partial charge in [-0.3, -0.25) is 9.59 Å². The van der Waals surface area contributed by atoms with Crippen LogP contribution in [0.15, 0.2) is 45.9 Å². The Balaban J connectivity index is 0.00000301. The summed E-state index contributed by atoms with van der Waals surface area (Å²) in [6, 6.07) is 0. The van der Waals surface area contributed by atoms with Gasteiger partial charge in [0.25, 0.3) is 11.8 Å². The van der Waals surface area contributed by atoms with Crippen LogP contribution in [0.5, 0.6) is 0 Å². The normalized spacial score (nSPS) is 17.3. The summed E-state index contributed by atoms with van der Waals surface area (Å²) < 4.78 is 78.8. The summed E-state index contributed by atoms with van der Waals surface area (Å²) >= 11 is 0. The highest BCUT2D eigenvalue weighted by atomic mass is 32.2. The molecule has 1 aliphatic heterocycles. The number of allylic oxidation sites excluding steroid dienone is 4. The maximum atomic E-state index is 13.6. The van der Waals surface area contributed by atoms with Gasteiger partial charge in [0, 0.05) is 16.7 Å². The van der Waals surface area contributed by atoms with Gasteiger partial charge < -0.3 is 0 Å². The lowest BCUT2D eigenvalue weighted by atomic mass is 10.2. The van der Waals surface area contributed by atoms with Crippen LogP contribution in [0.4, 0.5) is 17.6 Å². The monoisotopic (exact) mass is 399 g/mol. The maximum Gasteiger partial charge on any atom is 0.314 e. The first-order valence-electron chi connectivity index (χ1n) is 7.14. The first-order chi connectivity index (χ1) is 11.9. The fourth-order valence-corrected chi connectivity index (χ4v) is 2.27. The molecule has 0 aromatic carbocycles. The summed E-state index contributed by atoms with van der Waals surface area (Å²) in [4.78, 5) is 23.3. The molecule has 0 aromatic rings. The summed E-state index contributed by atoms with van der Waals surface area (Å²) in [5.41, 5.74) is -1.31. The van der Waals surface area contributed by atoms with Gasteiger partial charge in [0.05, 0.1) is 5.41 Å². The number of halogens is 4. The minimum atomic E-state index is -5.00. The Hall–Kier alpha value is -2.27. The third kappa shape index (κ3) is 5.36.